The molecule has 1 amide bonds. The van der Waals surface area contributed by atoms with Crippen LogP contribution in [0.15, 0.2) is 54.6 Å². The third-order valence-corrected chi connectivity index (χ3v) is 3.51. The van der Waals surface area contributed by atoms with Crippen LogP contribution in [-0.2, 0) is 17.8 Å². The third-order valence-electron chi connectivity index (χ3n) is 3.51. The predicted octanol–water partition coefficient (Wildman–Crippen LogP) is 2.96. The lowest BCUT2D eigenvalue weighted by Crippen LogP contribution is -2.28. The first-order chi connectivity index (χ1) is 11.3. The molecule has 2 aromatic rings. The maximum absolute atomic E-state index is 11.5. The Balaban J connectivity index is 0.00000288. The lowest BCUT2D eigenvalue weighted by molar-refractivity contribution is -0.120. The number of carbonyl (C=O) groups excluding carboxylic acids is 1. The fourth-order valence-electron chi connectivity index (χ4n) is 2.17. The molecule has 0 aliphatic heterocycles. The summed E-state index contributed by atoms with van der Waals surface area (Å²) in [4.78, 5) is 11.5. The Kier molecular flexibility index (Phi) is 9.58. The van der Waals surface area contributed by atoms with Crippen LogP contribution >= 0.6 is 12.4 Å². The second-order valence-electron chi connectivity index (χ2n) is 5.37. The highest BCUT2D eigenvalue weighted by molar-refractivity contribution is 5.85. The molecule has 2 aromatic carbocycles. The summed E-state index contributed by atoms with van der Waals surface area (Å²) >= 11 is 0. The van der Waals surface area contributed by atoms with Crippen LogP contribution in [0.1, 0.15) is 17.5 Å². The van der Waals surface area contributed by atoms with Gasteiger partial charge in [0.2, 0.25) is 5.91 Å². The van der Waals surface area contributed by atoms with Crippen LogP contribution in [-0.4, -0.2) is 26.0 Å². The lowest BCUT2D eigenvalue weighted by atomic mass is 10.1. The summed E-state index contributed by atoms with van der Waals surface area (Å²) in [6, 6.07) is 18.1. The Morgan fingerprint density at radius 3 is 2.33 bits per heavy atom. The number of hydrogen-bond donors (Lipinski definition) is 2. The van der Waals surface area contributed by atoms with E-state index in [1.807, 2.05) is 61.6 Å². The summed E-state index contributed by atoms with van der Waals surface area (Å²) < 4.78 is 5.76. The Hall–Kier alpha value is -2.04. The van der Waals surface area contributed by atoms with Gasteiger partial charge in [0.1, 0.15) is 12.4 Å². The molecule has 2 rings (SSSR count). The van der Waals surface area contributed by atoms with E-state index in [0.29, 0.717) is 26.1 Å². The van der Waals surface area contributed by atoms with Crippen LogP contribution in [0.25, 0.3) is 0 Å². The molecule has 0 aliphatic carbocycles. The van der Waals surface area contributed by atoms with Crippen molar-refractivity contribution in [1.82, 2.24) is 10.6 Å². The van der Waals surface area contributed by atoms with Crippen LogP contribution in [0.2, 0.25) is 0 Å². The number of amides is 1. The summed E-state index contributed by atoms with van der Waals surface area (Å²) in [7, 11) is 1.84. The number of benzene rings is 2. The molecular formula is C19H25ClN2O2. The first kappa shape index (κ1) is 20.0. The summed E-state index contributed by atoms with van der Waals surface area (Å²) in [6.45, 7) is 1.94. The summed E-state index contributed by atoms with van der Waals surface area (Å²) in [5, 5.41) is 5.88. The van der Waals surface area contributed by atoms with E-state index in [-0.39, 0.29) is 18.3 Å². The molecule has 0 fully saturated rings. The molecule has 0 aromatic heterocycles. The minimum atomic E-state index is 0. The van der Waals surface area contributed by atoms with E-state index in [1.54, 1.807) is 0 Å². The molecule has 5 heteroatoms. The zero-order valence-corrected chi connectivity index (χ0v) is 14.8. The van der Waals surface area contributed by atoms with Gasteiger partial charge in [-0.3, -0.25) is 4.79 Å². The molecule has 0 aliphatic rings. The minimum Gasteiger partial charge on any atom is -0.489 e. The number of carbonyl (C=O) groups is 1. The highest BCUT2D eigenvalue weighted by Gasteiger charge is 2.01. The van der Waals surface area contributed by atoms with Crippen molar-refractivity contribution in [3.63, 3.8) is 0 Å². The Morgan fingerprint density at radius 1 is 0.958 bits per heavy atom. The smallest absolute Gasteiger partial charge is 0.221 e. The molecular weight excluding hydrogens is 324 g/mol. The zero-order valence-electron chi connectivity index (χ0n) is 14.0. The average Bonchev–Trinajstić information content (AvgIpc) is 2.60. The molecule has 0 radical (unpaired) electrons. The van der Waals surface area contributed by atoms with Crippen molar-refractivity contribution in [2.24, 2.45) is 0 Å². The van der Waals surface area contributed by atoms with Crippen LogP contribution < -0.4 is 15.4 Å². The summed E-state index contributed by atoms with van der Waals surface area (Å²) in [5.74, 6) is 0.942. The van der Waals surface area contributed by atoms with Crippen molar-refractivity contribution in [1.29, 1.82) is 0 Å². The van der Waals surface area contributed by atoms with Gasteiger partial charge >= 0.3 is 0 Å². The lowest BCUT2D eigenvalue weighted by Gasteiger charge is -2.08. The molecule has 0 bridgehead atoms. The van der Waals surface area contributed by atoms with E-state index in [4.69, 9.17) is 4.74 Å². The molecule has 130 valence electrons. The van der Waals surface area contributed by atoms with Gasteiger partial charge in [-0.2, -0.15) is 0 Å². The highest BCUT2D eigenvalue weighted by Crippen LogP contribution is 2.14. The summed E-state index contributed by atoms with van der Waals surface area (Å²) in [5.41, 5.74) is 2.34. The van der Waals surface area contributed by atoms with E-state index in [1.165, 1.54) is 5.56 Å². The van der Waals surface area contributed by atoms with Gasteiger partial charge < -0.3 is 15.4 Å². The number of nitrogens with one attached hydrogen (secondary N) is 2. The summed E-state index contributed by atoms with van der Waals surface area (Å²) in [6.07, 6.45) is 1.34. The Morgan fingerprint density at radius 2 is 1.67 bits per heavy atom. The van der Waals surface area contributed by atoms with E-state index < -0.39 is 0 Å². The topological polar surface area (TPSA) is 50.4 Å². The number of ether oxygens (including phenoxy) is 1. The van der Waals surface area contributed by atoms with Crippen LogP contribution in [0, 0.1) is 0 Å². The predicted molar refractivity (Wildman–Crippen MR) is 99.7 cm³/mol. The van der Waals surface area contributed by atoms with E-state index in [0.717, 1.165) is 17.7 Å². The standard InChI is InChI=1S/C19H24N2O2.ClH/c1-20-13-12-19(22)21-14-11-16-7-9-18(10-8-16)23-15-17-5-3-2-4-6-17;/h2-10,20H,11-15H2,1H3,(H,21,22);1H. The van der Waals surface area contributed by atoms with E-state index in [2.05, 4.69) is 10.6 Å². The molecule has 4 nitrogen and oxygen atoms in total. The molecule has 0 spiro atoms. The maximum atomic E-state index is 11.5. The van der Waals surface area contributed by atoms with Crippen molar-refractivity contribution < 1.29 is 9.53 Å². The molecule has 2 N–H and O–H groups in total. The van der Waals surface area contributed by atoms with Gasteiger partial charge in [-0.1, -0.05) is 42.5 Å². The SMILES string of the molecule is CNCCC(=O)NCCc1ccc(OCc2ccccc2)cc1.Cl. The number of halogens is 1. The fourth-order valence-corrected chi connectivity index (χ4v) is 2.17. The molecule has 0 atom stereocenters. The van der Waals surface area contributed by atoms with Gasteiger partial charge in [0, 0.05) is 19.5 Å². The molecule has 24 heavy (non-hydrogen) atoms. The van der Waals surface area contributed by atoms with Crippen LogP contribution in [0.4, 0.5) is 0 Å². The van der Waals surface area contributed by atoms with Crippen LogP contribution in [0.5, 0.6) is 5.75 Å². The third kappa shape index (κ3) is 7.49. The van der Waals surface area contributed by atoms with Gasteiger partial charge in [0.05, 0.1) is 0 Å². The monoisotopic (exact) mass is 348 g/mol. The van der Waals surface area contributed by atoms with Crippen molar-refractivity contribution in [3.8, 4) is 5.75 Å². The van der Waals surface area contributed by atoms with E-state index in [9.17, 15) is 4.79 Å². The quantitative estimate of drug-likeness (QED) is 0.732. The zero-order chi connectivity index (χ0) is 16.3. The second kappa shape index (κ2) is 11.5. The van der Waals surface area contributed by atoms with E-state index >= 15 is 0 Å². The van der Waals surface area contributed by atoms with Gasteiger partial charge in [0.25, 0.3) is 0 Å². The van der Waals surface area contributed by atoms with Gasteiger partial charge in [-0.05, 0) is 36.7 Å². The first-order valence-corrected chi connectivity index (χ1v) is 7.95. The molecule has 0 saturated carbocycles. The van der Waals surface area contributed by atoms with Crippen molar-refractivity contribution in [2.45, 2.75) is 19.4 Å². The van der Waals surface area contributed by atoms with Crippen molar-refractivity contribution in [2.75, 3.05) is 20.1 Å². The van der Waals surface area contributed by atoms with Crippen LogP contribution in [0.3, 0.4) is 0 Å². The first-order valence-electron chi connectivity index (χ1n) is 7.95. The van der Waals surface area contributed by atoms with Gasteiger partial charge in [0.15, 0.2) is 0 Å². The minimum absolute atomic E-state index is 0. The molecule has 0 saturated heterocycles. The molecule has 0 unspecified atom stereocenters. The maximum Gasteiger partial charge on any atom is 0.221 e. The number of rotatable bonds is 9. The average molecular weight is 349 g/mol. The number of hydrogen-bond acceptors (Lipinski definition) is 3. The Labute approximate surface area is 150 Å². The Bertz CT molecular complexity index is 588. The normalized spacial score (nSPS) is 9.88. The second-order valence-corrected chi connectivity index (χ2v) is 5.37. The van der Waals surface area contributed by atoms with Crippen molar-refractivity contribution >= 4 is 18.3 Å². The molecule has 0 heterocycles. The highest BCUT2D eigenvalue weighted by atomic mass is 35.5. The van der Waals surface area contributed by atoms with Gasteiger partial charge in [-0.25, -0.2) is 0 Å². The largest absolute Gasteiger partial charge is 0.489 e. The fraction of sp³-hybridized carbons (Fsp3) is 0.316. The van der Waals surface area contributed by atoms with Crippen molar-refractivity contribution in [3.05, 3.63) is 65.7 Å². The van der Waals surface area contributed by atoms with Gasteiger partial charge in [-0.15, -0.1) is 12.4 Å².